The third-order valence-electron chi connectivity index (χ3n) is 5.83. The van der Waals surface area contributed by atoms with Gasteiger partial charge in [0.2, 0.25) is 0 Å². The van der Waals surface area contributed by atoms with Crippen LogP contribution in [0.1, 0.15) is 47.5 Å². The molecule has 1 aliphatic rings. The van der Waals surface area contributed by atoms with Crippen LogP contribution in [0.25, 0.3) is 10.6 Å². The second-order valence-corrected chi connectivity index (χ2v) is 9.43. The van der Waals surface area contributed by atoms with Gasteiger partial charge in [0.15, 0.2) is 0 Å². The lowest BCUT2D eigenvalue weighted by molar-refractivity contribution is 0.0658. The largest absolute Gasteiger partial charge is 0.495 e. The molecule has 3 aromatic rings. The van der Waals surface area contributed by atoms with Crippen molar-refractivity contribution >= 4 is 34.9 Å². The van der Waals surface area contributed by atoms with Crippen molar-refractivity contribution in [2.45, 2.75) is 42.7 Å². The van der Waals surface area contributed by atoms with Gasteiger partial charge in [0.25, 0.3) is 0 Å². The number of ether oxygens (including phenoxy) is 2. The van der Waals surface area contributed by atoms with E-state index in [2.05, 4.69) is 29.0 Å². The highest BCUT2D eigenvalue weighted by Crippen LogP contribution is 2.36. The molecule has 1 saturated carbocycles. The standard InChI is InChI=1S/C24H26N2O4S2/c1-29-19-10-7-16(8-11-19)15-3-5-17(6-4-15)23-25-22(14-31-23)32-26-20-12-9-18(24(27)28)13-21(20)30-2/h3-6,9,12-14,16,19,26H,7-8,10-11H2,1-2H3,(H,27,28). The number of carboxylic acid groups (broad SMARTS) is 1. The molecule has 1 heterocycles. The molecule has 6 nitrogen and oxygen atoms in total. The zero-order valence-corrected chi connectivity index (χ0v) is 19.7. The van der Waals surface area contributed by atoms with Crippen LogP contribution in [0, 0.1) is 0 Å². The topological polar surface area (TPSA) is 80.7 Å². The van der Waals surface area contributed by atoms with Crippen LogP contribution in [-0.4, -0.2) is 36.4 Å². The molecule has 0 aliphatic heterocycles. The first-order chi connectivity index (χ1) is 15.6. The van der Waals surface area contributed by atoms with E-state index in [-0.39, 0.29) is 5.56 Å². The van der Waals surface area contributed by atoms with Crippen LogP contribution in [0.5, 0.6) is 5.75 Å². The normalized spacial score (nSPS) is 18.3. The second kappa shape index (κ2) is 10.4. The van der Waals surface area contributed by atoms with E-state index in [0.29, 0.717) is 23.5 Å². The SMILES string of the molecule is COc1cc(C(=O)O)ccc1NSc1csc(-c2ccc(C3CCC(OC)CC3)cc2)n1. The third-order valence-corrected chi connectivity index (χ3v) is 7.61. The molecule has 0 amide bonds. The lowest BCUT2D eigenvalue weighted by Gasteiger charge is -2.27. The summed E-state index contributed by atoms with van der Waals surface area (Å²) in [5.41, 5.74) is 3.39. The molecule has 32 heavy (non-hydrogen) atoms. The predicted molar refractivity (Wildman–Crippen MR) is 129 cm³/mol. The summed E-state index contributed by atoms with van der Waals surface area (Å²) in [6.45, 7) is 0. The van der Waals surface area contributed by atoms with E-state index in [1.165, 1.54) is 43.5 Å². The van der Waals surface area contributed by atoms with E-state index >= 15 is 0 Å². The number of rotatable bonds is 8. The Morgan fingerprint density at radius 2 is 1.88 bits per heavy atom. The molecule has 2 N–H and O–H groups in total. The maximum atomic E-state index is 11.1. The Hall–Kier alpha value is -2.55. The average molecular weight is 471 g/mol. The van der Waals surface area contributed by atoms with Crippen molar-refractivity contribution in [3.63, 3.8) is 0 Å². The number of carbonyl (C=O) groups is 1. The Morgan fingerprint density at radius 1 is 1.12 bits per heavy atom. The molecular formula is C24H26N2O4S2. The van der Waals surface area contributed by atoms with Crippen molar-refractivity contribution < 1.29 is 19.4 Å². The maximum absolute atomic E-state index is 11.1. The Morgan fingerprint density at radius 3 is 2.53 bits per heavy atom. The number of carboxylic acids is 1. The molecule has 168 valence electrons. The van der Waals surface area contributed by atoms with Crippen LogP contribution in [0.4, 0.5) is 5.69 Å². The minimum atomic E-state index is -0.986. The molecule has 1 aromatic heterocycles. The van der Waals surface area contributed by atoms with Crippen molar-refractivity contribution in [3.05, 3.63) is 59.0 Å². The van der Waals surface area contributed by atoms with Gasteiger partial charge in [-0.05, 0) is 55.4 Å². The summed E-state index contributed by atoms with van der Waals surface area (Å²) in [5.74, 6) is 0.104. The highest BCUT2D eigenvalue weighted by atomic mass is 32.2. The molecule has 0 unspecified atom stereocenters. The molecule has 0 bridgehead atoms. The Labute approximate surface area is 196 Å². The van der Waals surface area contributed by atoms with Gasteiger partial charge in [-0.1, -0.05) is 24.3 Å². The van der Waals surface area contributed by atoms with E-state index in [9.17, 15) is 4.79 Å². The summed E-state index contributed by atoms with van der Waals surface area (Å²) in [5, 5.41) is 13.0. The third kappa shape index (κ3) is 5.26. The van der Waals surface area contributed by atoms with Crippen molar-refractivity contribution in [1.29, 1.82) is 0 Å². The molecule has 0 radical (unpaired) electrons. The molecule has 4 rings (SSSR count). The second-order valence-electron chi connectivity index (χ2n) is 7.75. The van der Waals surface area contributed by atoms with Gasteiger partial charge in [-0.25, -0.2) is 9.78 Å². The number of nitrogens with zero attached hydrogens (tertiary/aromatic N) is 1. The minimum Gasteiger partial charge on any atom is -0.495 e. The molecule has 0 saturated heterocycles. The van der Waals surface area contributed by atoms with Gasteiger partial charge < -0.3 is 19.3 Å². The fourth-order valence-corrected chi connectivity index (χ4v) is 5.59. The van der Waals surface area contributed by atoms with Crippen LogP contribution < -0.4 is 9.46 Å². The van der Waals surface area contributed by atoms with E-state index < -0.39 is 5.97 Å². The fraction of sp³-hybridized carbons (Fsp3) is 0.333. The van der Waals surface area contributed by atoms with Gasteiger partial charge in [0, 0.05) is 30.0 Å². The lowest BCUT2D eigenvalue weighted by Crippen LogP contribution is -2.19. The van der Waals surface area contributed by atoms with Gasteiger partial charge in [0.05, 0.1) is 24.5 Å². The highest BCUT2D eigenvalue weighted by molar-refractivity contribution is 8.00. The van der Waals surface area contributed by atoms with E-state index in [1.54, 1.807) is 30.6 Å². The van der Waals surface area contributed by atoms with E-state index in [4.69, 9.17) is 19.6 Å². The van der Waals surface area contributed by atoms with Gasteiger partial charge in [-0.2, -0.15) is 0 Å². The summed E-state index contributed by atoms with van der Waals surface area (Å²) in [6.07, 6.45) is 5.04. The van der Waals surface area contributed by atoms with Gasteiger partial charge >= 0.3 is 5.97 Å². The average Bonchev–Trinajstić information content (AvgIpc) is 3.32. The predicted octanol–water partition coefficient (Wildman–Crippen LogP) is 6.31. The number of aromatic nitrogens is 1. The van der Waals surface area contributed by atoms with Gasteiger partial charge in [-0.3, -0.25) is 0 Å². The van der Waals surface area contributed by atoms with Crippen LogP contribution in [0.15, 0.2) is 52.9 Å². The van der Waals surface area contributed by atoms with Crippen LogP contribution in [0.3, 0.4) is 0 Å². The Balaban J connectivity index is 1.38. The summed E-state index contributed by atoms with van der Waals surface area (Å²) in [6, 6.07) is 13.5. The van der Waals surface area contributed by atoms with E-state index in [0.717, 1.165) is 28.4 Å². The molecular weight excluding hydrogens is 444 g/mol. The number of thiazole rings is 1. The van der Waals surface area contributed by atoms with Gasteiger partial charge in [0.1, 0.15) is 15.8 Å². The first kappa shape index (κ1) is 22.6. The summed E-state index contributed by atoms with van der Waals surface area (Å²) < 4.78 is 14.0. The number of hydrogen-bond acceptors (Lipinski definition) is 7. The first-order valence-electron chi connectivity index (χ1n) is 10.5. The number of anilines is 1. The van der Waals surface area contributed by atoms with Crippen molar-refractivity contribution in [2.24, 2.45) is 0 Å². The summed E-state index contributed by atoms with van der Waals surface area (Å²) >= 11 is 2.97. The van der Waals surface area contributed by atoms with Crippen molar-refractivity contribution in [2.75, 3.05) is 18.9 Å². The molecule has 0 spiro atoms. The Bertz CT molecular complexity index is 1060. The number of nitrogens with one attached hydrogen (secondary N) is 1. The number of hydrogen-bond donors (Lipinski definition) is 2. The molecule has 1 aliphatic carbocycles. The molecule has 0 atom stereocenters. The number of benzene rings is 2. The zero-order chi connectivity index (χ0) is 22.5. The van der Waals surface area contributed by atoms with Crippen molar-refractivity contribution in [3.8, 4) is 16.3 Å². The lowest BCUT2D eigenvalue weighted by atomic mass is 9.82. The van der Waals surface area contributed by atoms with Gasteiger partial charge in [-0.15, -0.1) is 11.3 Å². The monoisotopic (exact) mass is 470 g/mol. The molecule has 8 heteroatoms. The number of methoxy groups -OCH3 is 2. The quantitative estimate of drug-likeness (QED) is 0.373. The first-order valence-corrected chi connectivity index (χ1v) is 12.2. The van der Waals surface area contributed by atoms with Crippen molar-refractivity contribution in [1.82, 2.24) is 4.98 Å². The highest BCUT2D eigenvalue weighted by Gasteiger charge is 2.22. The summed E-state index contributed by atoms with van der Waals surface area (Å²) in [4.78, 5) is 15.9. The van der Waals surface area contributed by atoms with E-state index in [1.807, 2.05) is 5.38 Å². The number of aromatic carboxylic acids is 1. The fourth-order valence-electron chi connectivity index (χ4n) is 3.98. The van der Waals surface area contributed by atoms with Crippen LogP contribution >= 0.6 is 23.3 Å². The van der Waals surface area contributed by atoms with Crippen LogP contribution in [-0.2, 0) is 4.74 Å². The maximum Gasteiger partial charge on any atom is 0.335 e. The molecule has 2 aromatic carbocycles. The molecule has 1 fully saturated rings. The van der Waals surface area contributed by atoms with Crippen LogP contribution in [0.2, 0.25) is 0 Å². The smallest absolute Gasteiger partial charge is 0.335 e. The Kier molecular flexibility index (Phi) is 7.34. The minimum absolute atomic E-state index is 0.184. The summed E-state index contributed by atoms with van der Waals surface area (Å²) in [7, 11) is 3.33. The zero-order valence-electron chi connectivity index (χ0n) is 18.0.